The Hall–Kier alpha value is -3.12. The zero-order valence-corrected chi connectivity index (χ0v) is 14.2. The van der Waals surface area contributed by atoms with Crippen molar-refractivity contribution in [2.45, 2.75) is 6.92 Å². The maximum atomic E-state index is 12.7. The van der Waals surface area contributed by atoms with Gasteiger partial charge in [0.05, 0.1) is 28.6 Å². The van der Waals surface area contributed by atoms with Gasteiger partial charge in [0, 0.05) is 0 Å². The molecule has 0 atom stereocenters. The Labute approximate surface area is 150 Å². The molecule has 1 aliphatic heterocycles. The highest BCUT2D eigenvalue weighted by molar-refractivity contribution is 7.80. The van der Waals surface area contributed by atoms with Gasteiger partial charge in [0.15, 0.2) is 5.11 Å². The number of amides is 1. The Bertz CT molecular complexity index is 1030. The molecule has 2 heterocycles. The van der Waals surface area contributed by atoms with Crippen LogP contribution in [-0.2, 0) is 4.79 Å². The maximum absolute atomic E-state index is 12.7. The number of hydrogen-bond acceptors (Lipinski definition) is 4. The minimum absolute atomic E-state index is 0.205. The van der Waals surface area contributed by atoms with Gasteiger partial charge in [0.25, 0.3) is 5.91 Å². The van der Waals surface area contributed by atoms with E-state index in [2.05, 4.69) is 15.3 Å². The highest BCUT2D eigenvalue weighted by Crippen LogP contribution is 2.22. The largest absolute Gasteiger partial charge is 0.327 e. The van der Waals surface area contributed by atoms with Crippen molar-refractivity contribution < 1.29 is 4.79 Å². The van der Waals surface area contributed by atoms with E-state index >= 15 is 0 Å². The summed E-state index contributed by atoms with van der Waals surface area (Å²) in [5.74, 6) is -0.205. The molecule has 0 unspecified atom stereocenters. The van der Waals surface area contributed by atoms with Crippen LogP contribution in [0.5, 0.6) is 0 Å². The SMILES string of the molecule is Cc1ccc(N2C(=O)/C(=C\c3cnc4ccccc4n3)NC2=S)cc1. The van der Waals surface area contributed by atoms with Gasteiger partial charge >= 0.3 is 0 Å². The van der Waals surface area contributed by atoms with E-state index < -0.39 is 0 Å². The molecule has 0 spiro atoms. The van der Waals surface area contributed by atoms with E-state index in [0.29, 0.717) is 16.5 Å². The molecule has 0 radical (unpaired) electrons. The predicted molar refractivity (Wildman–Crippen MR) is 102 cm³/mol. The summed E-state index contributed by atoms with van der Waals surface area (Å²) in [6.07, 6.45) is 3.31. The average Bonchev–Trinajstić information content (AvgIpc) is 2.89. The van der Waals surface area contributed by atoms with Crippen molar-refractivity contribution in [2.75, 3.05) is 4.90 Å². The molecule has 1 amide bonds. The molecule has 25 heavy (non-hydrogen) atoms. The van der Waals surface area contributed by atoms with Crippen molar-refractivity contribution in [3.8, 4) is 0 Å². The molecule has 1 N–H and O–H groups in total. The fourth-order valence-corrected chi connectivity index (χ4v) is 2.95. The Morgan fingerprint density at radius 3 is 2.56 bits per heavy atom. The van der Waals surface area contributed by atoms with Gasteiger partial charge in [-0.15, -0.1) is 0 Å². The van der Waals surface area contributed by atoms with Crippen molar-refractivity contribution in [2.24, 2.45) is 0 Å². The molecule has 122 valence electrons. The summed E-state index contributed by atoms with van der Waals surface area (Å²) in [5, 5.41) is 3.32. The topological polar surface area (TPSA) is 58.1 Å². The van der Waals surface area contributed by atoms with Crippen molar-refractivity contribution >= 4 is 46.0 Å². The smallest absolute Gasteiger partial charge is 0.281 e. The van der Waals surface area contributed by atoms with E-state index in [-0.39, 0.29) is 5.91 Å². The Morgan fingerprint density at radius 1 is 1.08 bits per heavy atom. The molecule has 1 aromatic heterocycles. The molecule has 1 aliphatic rings. The first kappa shape index (κ1) is 15.4. The van der Waals surface area contributed by atoms with Gasteiger partial charge in [0.1, 0.15) is 5.70 Å². The van der Waals surface area contributed by atoms with Crippen LogP contribution in [0.15, 0.2) is 60.4 Å². The third-order valence-electron chi connectivity index (χ3n) is 3.93. The van der Waals surface area contributed by atoms with Crippen LogP contribution in [0.3, 0.4) is 0 Å². The molecule has 0 bridgehead atoms. The first-order valence-corrected chi connectivity index (χ1v) is 8.18. The summed E-state index contributed by atoms with van der Waals surface area (Å²) in [7, 11) is 0. The van der Waals surface area contributed by atoms with E-state index in [1.807, 2.05) is 55.5 Å². The summed E-state index contributed by atoms with van der Waals surface area (Å²) in [4.78, 5) is 23.1. The van der Waals surface area contributed by atoms with Crippen molar-refractivity contribution in [3.63, 3.8) is 0 Å². The van der Waals surface area contributed by atoms with Crippen LogP contribution in [-0.4, -0.2) is 21.0 Å². The van der Waals surface area contributed by atoms with Crippen molar-refractivity contribution in [1.29, 1.82) is 0 Å². The molecule has 3 aromatic rings. The predicted octanol–water partition coefficient (Wildman–Crippen LogP) is 3.20. The summed E-state index contributed by atoms with van der Waals surface area (Å²) in [6, 6.07) is 15.2. The van der Waals surface area contributed by atoms with Crippen molar-refractivity contribution in [1.82, 2.24) is 15.3 Å². The third-order valence-corrected chi connectivity index (χ3v) is 4.21. The number of carbonyl (C=O) groups excluding carboxylic acids is 1. The van der Waals surface area contributed by atoms with Gasteiger partial charge in [-0.2, -0.15) is 0 Å². The summed E-state index contributed by atoms with van der Waals surface area (Å²) in [6.45, 7) is 2.00. The second-order valence-electron chi connectivity index (χ2n) is 5.75. The number of thiocarbonyl (C=S) groups is 1. The molecule has 0 aliphatic carbocycles. The van der Waals surface area contributed by atoms with E-state index in [9.17, 15) is 4.79 Å². The molecule has 6 heteroatoms. The van der Waals surface area contributed by atoms with Gasteiger partial charge in [0.2, 0.25) is 0 Å². The van der Waals surface area contributed by atoms with Crippen LogP contribution >= 0.6 is 12.2 Å². The van der Waals surface area contributed by atoms with Crippen LogP contribution < -0.4 is 10.2 Å². The van der Waals surface area contributed by atoms with Crippen LogP contribution in [0.4, 0.5) is 5.69 Å². The Balaban J connectivity index is 1.68. The summed E-state index contributed by atoms with van der Waals surface area (Å²) in [5.41, 5.74) is 4.43. The first-order chi connectivity index (χ1) is 12.1. The zero-order chi connectivity index (χ0) is 17.4. The second kappa shape index (κ2) is 6.07. The fourth-order valence-electron chi connectivity index (χ4n) is 2.65. The number of rotatable bonds is 2. The van der Waals surface area contributed by atoms with Crippen LogP contribution in [0, 0.1) is 6.92 Å². The Morgan fingerprint density at radius 2 is 1.80 bits per heavy atom. The summed E-state index contributed by atoms with van der Waals surface area (Å²) >= 11 is 5.32. The van der Waals surface area contributed by atoms with E-state index in [0.717, 1.165) is 22.3 Å². The molecule has 1 fully saturated rings. The van der Waals surface area contributed by atoms with Gasteiger partial charge in [-0.25, -0.2) is 4.98 Å². The monoisotopic (exact) mass is 346 g/mol. The lowest BCUT2D eigenvalue weighted by Gasteiger charge is -2.13. The number of nitrogens with zero attached hydrogens (tertiary/aromatic N) is 3. The number of hydrogen-bond donors (Lipinski definition) is 1. The number of aromatic nitrogens is 2. The summed E-state index contributed by atoms with van der Waals surface area (Å²) < 4.78 is 0. The molecule has 0 saturated carbocycles. The standard InChI is InChI=1S/C19H14N4OS/c1-12-6-8-14(9-7-12)23-18(24)17(22-19(23)25)10-13-11-20-15-4-2-3-5-16(15)21-13/h2-11H,1H3,(H,22,25)/b17-10+. The van der Waals surface area contributed by atoms with Crippen molar-refractivity contribution in [3.05, 3.63) is 71.7 Å². The lowest BCUT2D eigenvalue weighted by atomic mass is 10.2. The molecule has 2 aromatic carbocycles. The molecular weight excluding hydrogens is 332 g/mol. The minimum Gasteiger partial charge on any atom is -0.327 e. The van der Waals surface area contributed by atoms with Gasteiger partial charge in [-0.3, -0.25) is 14.7 Å². The van der Waals surface area contributed by atoms with E-state index in [1.165, 1.54) is 4.90 Å². The normalized spacial score (nSPS) is 15.9. The van der Waals surface area contributed by atoms with Crippen LogP contribution in [0.1, 0.15) is 11.3 Å². The second-order valence-corrected chi connectivity index (χ2v) is 6.13. The number of aryl methyl sites for hydroxylation is 1. The molecule has 4 rings (SSSR count). The Kier molecular flexibility index (Phi) is 3.74. The fraction of sp³-hybridized carbons (Fsp3) is 0.0526. The lowest BCUT2D eigenvalue weighted by Crippen LogP contribution is -2.30. The number of para-hydroxylation sites is 2. The number of anilines is 1. The van der Waals surface area contributed by atoms with Gasteiger partial charge in [-0.05, 0) is 49.5 Å². The number of fused-ring (bicyclic) bond motifs is 1. The first-order valence-electron chi connectivity index (χ1n) is 7.77. The molecule has 1 saturated heterocycles. The maximum Gasteiger partial charge on any atom is 0.281 e. The molecular formula is C19H14N4OS. The van der Waals surface area contributed by atoms with Crippen LogP contribution in [0.25, 0.3) is 17.1 Å². The van der Waals surface area contributed by atoms with Gasteiger partial charge in [-0.1, -0.05) is 29.8 Å². The minimum atomic E-state index is -0.205. The lowest BCUT2D eigenvalue weighted by molar-refractivity contribution is -0.113. The third kappa shape index (κ3) is 2.88. The van der Waals surface area contributed by atoms with Crippen LogP contribution in [0.2, 0.25) is 0 Å². The highest BCUT2D eigenvalue weighted by atomic mass is 32.1. The van der Waals surface area contributed by atoms with E-state index in [4.69, 9.17) is 12.2 Å². The van der Waals surface area contributed by atoms with Gasteiger partial charge < -0.3 is 5.32 Å². The number of nitrogens with one attached hydrogen (secondary N) is 1. The molecule has 5 nitrogen and oxygen atoms in total. The number of benzene rings is 2. The van der Waals surface area contributed by atoms with E-state index in [1.54, 1.807) is 12.3 Å². The number of carbonyl (C=O) groups is 1. The zero-order valence-electron chi connectivity index (χ0n) is 13.4. The average molecular weight is 346 g/mol. The highest BCUT2D eigenvalue weighted by Gasteiger charge is 2.31. The quantitative estimate of drug-likeness (QED) is 0.570.